The summed E-state index contributed by atoms with van der Waals surface area (Å²) < 4.78 is 12.7. The van der Waals surface area contributed by atoms with E-state index in [0.29, 0.717) is 39.0 Å². The van der Waals surface area contributed by atoms with Crippen LogP contribution in [0.5, 0.6) is 0 Å². The number of aryl methyl sites for hydroxylation is 1. The third-order valence-electron chi connectivity index (χ3n) is 8.70. The van der Waals surface area contributed by atoms with Crippen molar-refractivity contribution in [3.8, 4) is 0 Å². The summed E-state index contributed by atoms with van der Waals surface area (Å²) in [5, 5.41) is 8.44. The quantitative estimate of drug-likeness (QED) is 0.0546. The second-order valence-corrected chi connectivity index (χ2v) is 13.6. The zero-order valence-corrected chi connectivity index (χ0v) is 31.4. The number of amides is 1. The van der Waals surface area contributed by atoms with Crippen molar-refractivity contribution < 1.29 is 23.9 Å². The molecule has 0 radical (unpaired) electrons. The lowest BCUT2D eigenvalue weighted by Crippen LogP contribution is -2.35. The Morgan fingerprint density at radius 1 is 0.625 bits per heavy atom. The Balaban J connectivity index is 2.23. The van der Waals surface area contributed by atoms with Crippen molar-refractivity contribution in [2.75, 3.05) is 46.9 Å². The largest absolute Gasteiger partial charge is 0.466 e. The molecule has 0 unspecified atom stereocenters. The van der Waals surface area contributed by atoms with Gasteiger partial charge in [-0.05, 0) is 52.7 Å². The molecular weight excluding hydrogens is 606 g/mol. The summed E-state index contributed by atoms with van der Waals surface area (Å²) in [6.07, 6.45) is 25.0. The number of ether oxygens (including phenoxy) is 2. The van der Waals surface area contributed by atoms with Gasteiger partial charge in [-0.2, -0.15) is 0 Å². The molecule has 1 rings (SSSR count). The number of hydrogen-bond acceptors (Lipinski definition) is 8. The first kappa shape index (κ1) is 43.5. The van der Waals surface area contributed by atoms with Gasteiger partial charge in [0.05, 0.1) is 25.3 Å². The minimum absolute atomic E-state index is 0.0771. The zero-order valence-electron chi connectivity index (χ0n) is 31.4. The highest BCUT2D eigenvalue weighted by Crippen LogP contribution is 2.11. The summed E-state index contributed by atoms with van der Waals surface area (Å²) in [5.74, 6) is -0.330. The lowest BCUT2D eigenvalue weighted by atomic mass is 10.1. The number of hydrogen-bond donors (Lipinski definition) is 0. The first-order chi connectivity index (χ1) is 23.3. The molecule has 48 heavy (non-hydrogen) atoms. The molecule has 0 saturated carbocycles. The van der Waals surface area contributed by atoms with E-state index < -0.39 is 0 Å². The van der Waals surface area contributed by atoms with E-state index >= 15 is 0 Å². The topological polar surface area (TPSA) is 107 Å². The van der Waals surface area contributed by atoms with E-state index in [1.807, 2.05) is 25.0 Å². The molecule has 0 bridgehead atoms. The molecule has 0 saturated heterocycles. The van der Waals surface area contributed by atoms with Crippen LogP contribution in [0, 0.1) is 0 Å². The summed E-state index contributed by atoms with van der Waals surface area (Å²) >= 11 is 0. The molecule has 0 fully saturated rings. The fourth-order valence-corrected chi connectivity index (χ4v) is 5.67. The van der Waals surface area contributed by atoms with Crippen molar-refractivity contribution in [3.63, 3.8) is 0 Å². The van der Waals surface area contributed by atoms with Crippen molar-refractivity contribution >= 4 is 17.8 Å². The van der Waals surface area contributed by atoms with E-state index in [1.165, 1.54) is 70.6 Å². The number of aromatic nitrogens is 3. The van der Waals surface area contributed by atoms with Crippen molar-refractivity contribution in [3.05, 3.63) is 11.9 Å². The average molecular weight is 678 g/mol. The van der Waals surface area contributed by atoms with Crippen LogP contribution in [-0.2, 0) is 36.8 Å². The van der Waals surface area contributed by atoms with Gasteiger partial charge in [0.15, 0.2) is 0 Å². The van der Waals surface area contributed by atoms with Crippen molar-refractivity contribution in [2.24, 2.45) is 0 Å². The van der Waals surface area contributed by atoms with Crippen LogP contribution in [0.15, 0.2) is 6.20 Å². The summed E-state index contributed by atoms with van der Waals surface area (Å²) in [4.78, 5) is 41.5. The third kappa shape index (κ3) is 25.5. The van der Waals surface area contributed by atoms with Crippen molar-refractivity contribution in [1.82, 2.24) is 24.8 Å². The van der Waals surface area contributed by atoms with Gasteiger partial charge in [-0.3, -0.25) is 19.1 Å². The molecule has 0 aliphatic rings. The Labute approximate surface area is 293 Å². The van der Waals surface area contributed by atoms with Crippen LogP contribution in [0.25, 0.3) is 0 Å². The predicted octanol–water partition coefficient (Wildman–Crippen LogP) is 7.92. The van der Waals surface area contributed by atoms with Crippen LogP contribution in [0.1, 0.15) is 161 Å². The fraction of sp³-hybridized carbons (Fsp3) is 0.868. The maximum Gasteiger partial charge on any atom is 0.307 e. The molecule has 1 amide bonds. The van der Waals surface area contributed by atoms with Crippen LogP contribution in [0.4, 0.5) is 0 Å². The molecule has 10 nitrogen and oxygen atoms in total. The molecule has 1 heterocycles. The standard InChI is InChI=1S/C38H71N5O5/c1-5-7-9-11-13-17-21-30-43-34-35(39-40-43)27-33-48-38(46)26-31-42(29-23-28-41(3)4)36(44)24-19-15-16-20-25-37(45)47-32-22-18-14-12-10-8-6-2/h34H,5-33H2,1-4H3. The highest BCUT2D eigenvalue weighted by Gasteiger charge is 2.16. The Hall–Kier alpha value is -2.49. The predicted molar refractivity (Wildman–Crippen MR) is 194 cm³/mol. The van der Waals surface area contributed by atoms with Gasteiger partial charge in [-0.1, -0.05) is 109 Å². The maximum absolute atomic E-state index is 13.0. The second-order valence-electron chi connectivity index (χ2n) is 13.6. The Morgan fingerprint density at radius 2 is 1.19 bits per heavy atom. The number of carbonyl (C=O) groups excluding carboxylic acids is 3. The molecule has 0 spiro atoms. The number of nitrogens with zero attached hydrogens (tertiary/aromatic N) is 5. The monoisotopic (exact) mass is 678 g/mol. The van der Waals surface area contributed by atoms with Crippen LogP contribution in [-0.4, -0.2) is 89.6 Å². The minimum Gasteiger partial charge on any atom is -0.466 e. The zero-order chi connectivity index (χ0) is 35.1. The van der Waals surface area contributed by atoms with Crippen molar-refractivity contribution in [1.29, 1.82) is 0 Å². The average Bonchev–Trinajstić information content (AvgIpc) is 3.52. The number of rotatable bonds is 33. The van der Waals surface area contributed by atoms with E-state index in [1.54, 1.807) is 4.90 Å². The van der Waals surface area contributed by atoms with E-state index in [9.17, 15) is 14.4 Å². The Bertz CT molecular complexity index is 938. The number of carbonyl (C=O) groups is 3. The maximum atomic E-state index is 13.0. The highest BCUT2D eigenvalue weighted by atomic mass is 16.5. The van der Waals surface area contributed by atoms with Gasteiger partial charge in [0.1, 0.15) is 0 Å². The van der Waals surface area contributed by atoms with Crippen LogP contribution in [0.2, 0.25) is 0 Å². The SMILES string of the molecule is CCCCCCCCCOC(=O)CCCCCCC(=O)N(CCCN(C)C)CCC(=O)OCCc1cn(CCCCCCCCC)nn1. The molecule has 0 aliphatic carbocycles. The normalized spacial score (nSPS) is 11.3. The van der Waals surface area contributed by atoms with Gasteiger partial charge >= 0.3 is 11.9 Å². The Kier molecular flexibility index (Phi) is 27.7. The lowest BCUT2D eigenvalue weighted by molar-refractivity contribution is -0.145. The first-order valence-electron chi connectivity index (χ1n) is 19.5. The third-order valence-corrected chi connectivity index (χ3v) is 8.70. The first-order valence-corrected chi connectivity index (χ1v) is 19.5. The van der Waals surface area contributed by atoms with Crippen LogP contribution >= 0.6 is 0 Å². The van der Waals surface area contributed by atoms with Gasteiger partial charge in [0, 0.05) is 45.1 Å². The van der Waals surface area contributed by atoms with Gasteiger partial charge in [-0.15, -0.1) is 5.10 Å². The van der Waals surface area contributed by atoms with Gasteiger partial charge < -0.3 is 19.3 Å². The molecule has 1 aromatic rings. The molecule has 0 N–H and O–H groups in total. The fourth-order valence-electron chi connectivity index (χ4n) is 5.67. The second kappa shape index (κ2) is 30.6. The summed E-state index contributed by atoms with van der Waals surface area (Å²) in [7, 11) is 4.03. The molecule has 0 atom stereocenters. The molecular formula is C38H71N5O5. The molecule has 278 valence electrons. The smallest absolute Gasteiger partial charge is 0.307 e. The molecule has 0 aromatic carbocycles. The minimum atomic E-state index is -0.297. The van der Waals surface area contributed by atoms with Gasteiger partial charge in [0.25, 0.3) is 0 Å². The summed E-state index contributed by atoms with van der Waals surface area (Å²) in [5.41, 5.74) is 0.826. The van der Waals surface area contributed by atoms with E-state index in [0.717, 1.165) is 70.2 Å². The summed E-state index contributed by atoms with van der Waals surface area (Å²) in [6, 6.07) is 0. The van der Waals surface area contributed by atoms with Crippen molar-refractivity contribution in [2.45, 2.75) is 168 Å². The molecule has 10 heteroatoms. The van der Waals surface area contributed by atoms with Gasteiger partial charge in [0.2, 0.25) is 5.91 Å². The highest BCUT2D eigenvalue weighted by molar-refractivity contribution is 5.77. The lowest BCUT2D eigenvalue weighted by Gasteiger charge is -2.23. The van der Waals surface area contributed by atoms with Crippen LogP contribution < -0.4 is 0 Å². The van der Waals surface area contributed by atoms with Gasteiger partial charge in [-0.25, -0.2) is 0 Å². The van der Waals surface area contributed by atoms with Crippen LogP contribution in [0.3, 0.4) is 0 Å². The number of unbranched alkanes of at least 4 members (excludes halogenated alkanes) is 15. The molecule has 0 aliphatic heterocycles. The van der Waals surface area contributed by atoms with E-state index in [4.69, 9.17) is 9.47 Å². The van der Waals surface area contributed by atoms with E-state index in [2.05, 4.69) is 29.1 Å². The summed E-state index contributed by atoms with van der Waals surface area (Å²) in [6.45, 7) is 7.98. The number of esters is 2. The van der Waals surface area contributed by atoms with E-state index in [-0.39, 0.29) is 30.9 Å². The molecule has 1 aromatic heterocycles. The Morgan fingerprint density at radius 3 is 1.85 bits per heavy atom.